The van der Waals surface area contributed by atoms with Crippen molar-refractivity contribution < 1.29 is 61.5 Å². The lowest BCUT2D eigenvalue weighted by atomic mass is 9.77. The summed E-state index contributed by atoms with van der Waals surface area (Å²) in [5.41, 5.74) is -8.31. The molecule has 196 valence electrons. The molecule has 0 saturated carbocycles. The molecule has 0 bridgehead atoms. The minimum Gasteiger partial charge on any atom is -0.226 e. The smallest absolute Gasteiger partial charge is 0.226 e. The molecule has 0 saturated heterocycles. The van der Waals surface area contributed by atoms with Crippen molar-refractivity contribution >= 4 is 31.9 Å². The average Bonchev–Trinajstić information content (AvgIpc) is 2.72. The molecule has 0 heterocycles. The molecule has 2 aromatic rings. The molecule has 0 aromatic heterocycles. The summed E-state index contributed by atoms with van der Waals surface area (Å²) in [7, 11) is 0. The van der Waals surface area contributed by atoms with E-state index in [9.17, 15) is 48.3 Å². The molecule has 0 nitrogen and oxygen atoms in total. The molecule has 0 spiro atoms. The minimum absolute atomic E-state index is 0.355. The molecule has 16 heteroatoms. The normalized spacial score (nSPS) is 14.9. The third kappa shape index (κ3) is 4.02. The lowest BCUT2D eigenvalue weighted by molar-refractivity contribution is -0.446. The van der Waals surface area contributed by atoms with Gasteiger partial charge in [0.15, 0.2) is 0 Å². The summed E-state index contributed by atoms with van der Waals surface area (Å²) < 4.78 is 193. The van der Waals surface area contributed by atoms with Gasteiger partial charge in [-0.3, -0.25) is 0 Å². The largest absolute Gasteiger partial charge is 0.460 e. The fraction of sp³-hybridized carbons (Fsp3) is 0.368. The Kier molecular flexibility index (Phi) is 7.43. The summed E-state index contributed by atoms with van der Waals surface area (Å²) in [5, 5.41) is 0. The molecule has 0 amide bonds. The van der Waals surface area contributed by atoms with Crippen LogP contribution in [0.3, 0.4) is 0 Å². The van der Waals surface area contributed by atoms with Crippen LogP contribution < -0.4 is 0 Å². The van der Waals surface area contributed by atoms with Crippen molar-refractivity contribution in [1.82, 2.24) is 0 Å². The molecule has 2 aromatic carbocycles. The Hall–Kier alpha value is -1.58. The van der Waals surface area contributed by atoms with E-state index < -0.39 is 61.5 Å². The molecule has 0 fully saturated rings. The minimum atomic E-state index is -8.14. The Morgan fingerprint density at radius 2 is 0.686 bits per heavy atom. The van der Waals surface area contributed by atoms with Crippen LogP contribution in [0.4, 0.5) is 61.5 Å². The summed E-state index contributed by atoms with van der Waals surface area (Å²) in [6.45, 7) is 0. The maximum absolute atomic E-state index is 16.2. The van der Waals surface area contributed by atoms with Crippen LogP contribution in [0.25, 0.3) is 0 Å². The van der Waals surface area contributed by atoms with Gasteiger partial charge in [0.2, 0.25) is 5.67 Å². The maximum Gasteiger partial charge on any atom is 0.460 e. The first-order valence-corrected chi connectivity index (χ1v) is 10.3. The molecular weight excluding hydrogens is 654 g/mol. The van der Waals surface area contributed by atoms with Gasteiger partial charge in [-0.2, -0.15) is 57.1 Å². The molecule has 0 aliphatic rings. The van der Waals surface area contributed by atoms with Crippen LogP contribution in [0.15, 0.2) is 57.5 Å². The van der Waals surface area contributed by atoms with Crippen LogP contribution in [0.2, 0.25) is 0 Å². The van der Waals surface area contributed by atoms with E-state index in [1.54, 1.807) is 0 Å². The van der Waals surface area contributed by atoms with Gasteiger partial charge < -0.3 is 0 Å². The van der Waals surface area contributed by atoms with Crippen LogP contribution in [0.1, 0.15) is 11.1 Å². The Morgan fingerprint density at radius 1 is 0.400 bits per heavy atom. The van der Waals surface area contributed by atoms with Gasteiger partial charge >= 0.3 is 35.8 Å². The van der Waals surface area contributed by atoms with Crippen molar-refractivity contribution in [1.29, 1.82) is 0 Å². The van der Waals surface area contributed by atoms with Gasteiger partial charge in [0.05, 0.1) is 0 Å². The van der Waals surface area contributed by atoms with E-state index in [4.69, 9.17) is 0 Å². The van der Waals surface area contributed by atoms with Crippen molar-refractivity contribution in [3.63, 3.8) is 0 Å². The molecule has 0 radical (unpaired) electrons. The van der Waals surface area contributed by atoms with E-state index in [0.717, 1.165) is 36.4 Å². The molecule has 35 heavy (non-hydrogen) atoms. The fourth-order valence-corrected chi connectivity index (χ4v) is 4.07. The molecule has 0 aliphatic heterocycles. The quantitative estimate of drug-likeness (QED) is 0.260. The van der Waals surface area contributed by atoms with Crippen LogP contribution >= 0.6 is 31.9 Å². The van der Waals surface area contributed by atoms with Gasteiger partial charge in [-0.15, -0.1) is 0 Å². The molecule has 2 rings (SSSR count). The zero-order valence-corrected chi connectivity index (χ0v) is 19.3. The Balaban J connectivity index is 2.93. The van der Waals surface area contributed by atoms with E-state index in [0.29, 0.717) is 12.1 Å². The highest BCUT2D eigenvalue weighted by atomic mass is 79.9. The van der Waals surface area contributed by atoms with Gasteiger partial charge in [0.1, 0.15) is 0 Å². The van der Waals surface area contributed by atoms with Crippen LogP contribution in [0, 0.1) is 0 Å². The fourth-order valence-electron chi connectivity index (χ4n) is 2.95. The highest BCUT2D eigenvalue weighted by Gasteiger charge is 2.93. The van der Waals surface area contributed by atoms with Crippen molar-refractivity contribution in [3.05, 3.63) is 68.6 Å². The summed E-state index contributed by atoms with van der Waals surface area (Å²) in [4.78, 5) is 0. The Labute approximate surface area is 203 Å². The Morgan fingerprint density at radius 3 is 1.00 bits per heavy atom. The van der Waals surface area contributed by atoms with Crippen molar-refractivity contribution in [2.24, 2.45) is 0 Å². The van der Waals surface area contributed by atoms with E-state index in [2.05, 4.69) is 31.9 Å². The monoisotopic (exact) mass is 660 g/mol. The molecule has 0 atom stereocenters. The second kappa shape index (κ2) is 8.77. The topological polar surface area (TPSA) is 0 Å². The number of hydrogen-bond donors (Lipinski definition) is 0. The predicted octanol–water partition coefficient (Wildman–Crippen LogP) is 9.16. The summed E-state index contributed by atoms with van der Waals surface area (Å²) >= 11 is 5.05. The van der Waals surface area contributed by atoms with Gasteiger partial charge in [0, 0.05) is 20.1 Å². The van der Waals surface area contributed by atoms with E-state index in [-0.39, 0.29) is 0 Å². The number of rotatable bonds is 7. The molecule has 0 N–H and O–H groups in total. The number of halogens is 16. The van der Waals surface area contributed by atoms with Gasteiger partial charge in [-0.1, -0.05) is 68.3 Å². The van der Waals surface area contributed by atoms with E-state index in [1.165, 1.54) is 0 Å². The zero-order valence-electron chi connectivity index (χ0n) is 16.2. The molecular formula is C19H8Br2F14. The third-order valence-corrected chi connectivity index (χ3v) is 6.24. The first kappa shape index (κ1) is 29.6. The van der Waals surface area contributed by atoms with Crippen LogP contribution in [0.5, 0.6) is 0 Å². The SMILES string of the molecule is FC(F)(F)C(F)(F)C(F)(F)C(F)(F)C(F)(F)C(F)(F)C(F)(c1ccccc1Br)c1ccccc1Br. The van der Waals surface area contributed by atoms with E-state index >= 15 is 13.2 Å². The third-order valence-electron chi connectivity index (χ3n) is 4.86. The summed E-state index contributed by atoms with van der Waals surface area (Å²) in [5.74, 6) is -39.1. The second-order valence-electron chi connectivity index (χ2n) is 6.99. The number of benzene rings is 2. The first-order valence-electron chi connectivity index (χ1n) is 8.68. The van der Waals surface area contributed by atoms with Gasteiger partial charge in [-0.05, 0) is 12.1 Å². The summed E-state index contributed by atoms with van der Waals surface area (Å²) in [6, 6.07) is 5.79. The number of alkyl halides is 14. The van der Waals surface area contributed by atoms with Gasteiger partial charge in [-0.25, -0.2) is 4.39 Å². The maximum atomic E-state index is 16.2. The first-order chi connectivity index (χ1) is 15.5. The molecule has 0 aliphatic carbocycles. The summed E-state index contributed by atoms with van der Waals surface area (Å²) in [6.07, 6.45) is -7.57. The molecule has 0 unspecified atom stereocenters. The van der Waals surface area contributed by atoms with Crippen LogP contribution in [-0.2, 0) is 5.67 Å². The predicted molar refractivity (Wildman–Crippen MR) is 101 cm³/mol. The lowest BCUT2D eigenvalue weighted by Crippen LogP contribution is -2.72. The average molecular weight is 662 g/mol. The standard InChI is InChI=1S/C19H8Br2F14/c20-11-7-3-1-5-9(11)13(22,10-6-2-4-8-12(10)21)14(23,24)15(25,26)16(27,28)17(29,30)18(31,32)19(33,34)35/h1-8H. The Bertz CT molecular complexity index is 1030. The highest BCUT2D eigenvalue weighted by Crippen LogP contribution is 2.65. The van der Waals surface area contributed by atoms with E-state index in [1.807, 2.05) is 0 Å². The number of hydrogen-bond acceptors (Lipinski definition) is 0. The lowest BCUT2D eigenvalue weighted by Gasteiger charge is -2.44. The second-order valence-corrected chi connectivity index (χ2v) is 8.70. The van der Waals surface area contributed by atoms with Gasteiger partial charge in [0.25, 0.3) is 0 Å². The highest BCUT2D eigenvalue weighted by molar-refractivity contribution is 9.10. The van der Waals surface area contributed by atoms with Crippen molar-refractivity contribution in [2.45, 2.75) is 41.5 Å². The van der Waals surface area contributed by atoms with Crippen molar-refractivity contribution in [2.75, 3.05) is 0 Å². The van der Waals surface area contributed by atoms with Crippen LogP contribution in [-0.4, -0.2) is 35.8 Å². The zero-order chi connectivity index (χ0) is 27.5. The van der Waals surface area contributed by atoms with Crippen molar-refractivity contribution in [3.8, 4) is 0 Å².